The number of pyridine rings is 1. The zero-order chi connectivity index (χ0) is 31.0. The number of hydrogen-bond acceptors (Lipinski definition) is 9. The molecule has 0 aliphatic carbocycles. The number of ether oxygens (including phenoxy) is 2. The average Bonchev–Trinajstić information content (AvgIpc) is 3.38. The monoisotopic (exact) mass is 622 g/mol. The lowest BCUT2D eigenvalue weighted by molar-refractivity contribution is -0.141. The molecule has 3 aromatic heterocycles. The molecule has 0 radical (unpaired) electrons. The molecular formula is C28H31ClF4N8O2. The number of rotatable bonds is 14. The fourth-order valence-corrected chi connectivity index (χ4v) is 4.16. The molecule has 0 amide bonds. The Bertz CT molecular complexity index is 1530. The van der Waals surface area contributed by atoms with Crippen molar-refractivity contribution in [2.75, 3.05) is 45.2 Å². The van der Waals surface area contributed by atoms with Gasteiger partial charge in [0.15, 0.2) is 11.5 Å². The van der Waals surface area contributed by atoms with Gasteiger partial charge in [-0.15, -0.1) is 0 Å². The first-order valence-corrected chi connectivity index (χ1v) is 13.8. The van der Waals surface area contributed by atoms with Gasteiger partial charge in [-0.2, -0.15) is 23.3 Å². The van der Waals surface area contributed by atoms with Gasteiger partial charge in [0.05, 0.1) is 11.6 Å². The van der Waals surface area contributed by atoms with E-state index < -0.39 is 17.7 Å². The Hall–Kier alpha value is -3.85. The number of aromatic nitrogens is 5. The van der Waals surface area contributed by atoms with E-state index in [4.69, 9.17) is 21.1 Å². The molecule has 0 aliphatic heterocycles. The van der Waals surface area contributed by atoms with Crippen LogP contribution < -0.4 is 20.7 Å². The second-order valence-corrected chi connectivity index (χ2v) is 9.70. The van der Waals surface area contributed by atoms with Crippen LogP contribution in [0, 0.1) is 12.7 Å². The van der Waals surface area contributed by atoms with E-state index in [0.717, 1.165) is 23.8 Å². The maximum absolute atomic E-state index is 13.7. The molecule has 4 aromatic rings. The summed E-state index contributed by atoms with van der Waals surface area (Å²) < 4.78 is 66.9. The van der Waals surface area contributed by atoms with Gasteiger partial charge in [0.2, 0.25) is 11.8 Å². The van der Waals surface area contributed by atoms with Crippen LogP contribution in [0.1, 0.15) is 23.9 Å². The van der Waals surface area contributed by atoms with E-state index in [-0.39, 0.29) is 29.1 Å². The first-order chi connectivity index (χ1) is 20.6. The molecule has 10 nitrogen and oxygen atoms in total. The number of hydrogen-bond donors (Lipinski definition) is 3. The largest absolute Gasteiger partial charge is 0.476 e. The molecule has 0 saturated heterocycles. The Labute approximate surface area is 250 Å². The van der Waals surface area contributed by atoms with Gasteiger partial charge in [-0.25, -0.2) is 19.0 Å². The summed E-state index contributed by atoms with van der Waals surface area (Å²) in [4.78, 5) is 13.3. The van der Waals surface area contributed by atoms with Crippen molar-refractivity contribution in [1.29, 1.82) is 0 Å². The first-order valence-electron chi connectivity index (χ1n) is 13.4. The molecule has 4 rings (SSSR count). The van der Waals surface area contributed by atoms with Gasteiger partial charge in [-0.05, 0) is 51.2 Å². The molecule has 0 atom stereocenters. The highest BCUT2D eigenvalue weighted by atomic mass is 35.5. The maximum Gasteiger partial charge on any atom is 0.435 e. The molecule has 0 saturated carbocycles. The molecule has 3 N–H and O–H groups in total. The molecule has 0 spiro atoms. The highest BCUT2D eigenvalue weighted by molar-refractivity contribution is 6.31. The van der Waals surface area contributed by atoms with Crippen molar-refractivity contribution in [1.82, 2.24) is 35.4 Å². The predicted molar refractivity (Wildman–Crippen MR) is 154 cm³/mol. The lowest BCUT2D eigenvalue weighted by atomic mass is 10.1. The van der Waals surface area contributed by atoms with Gasteiger partial charge in [-0.1, -0.05) is 11.6 Å². The van der Waals surface area contributed by atoms with Gasteiger partial charge in [-0.3, -0.25) is 0 Å². The van der Waals surface area contributed by atoms with E-state index in [1.54, 1.807) is 6.07 Å². The van der Waals surface area contributed by atoms with E-state index in [0.29, 0.717) is 48.0 Å². The number of nitrogens with one attached hydrogen (secondary N) is 3. The van der Waals surface area contributed by atoms with Crippen molar-refractivity contribution in [2.24, 2.45) is 0 Å². The third kappa shape index (κ3) is 8.38. The van der Waals surface area contributed by atoms with E-state index in [1.807, 2.05) is 14.0 Å². The van der Waals surface area contributed by atoms with Crippen LogP contribution in [0.5, 0.6) is 5.88 Å². The van der Waals surface area contributed by atoms with Crippen LogP contribution in [0.3, 0.4) is 0 Å². The third-order valence-corrected chi connectivity index (χ3v) is 6.38. The predicted octanol–water partition coefficient (Wildman–Crippen LogP) is 5.31. The molecule has 15 heteroatoms. The maximum atomic E-state index is 13.7. The SMILES string of the molecule is CCOCc1cc(-c2cnc(Nc3ccc(F)c(Cl)c3)nc2-n2nc(C(F)(F)F)cc2C)cnc1OCCNCCNC. The molecule has 0 fully saturated rings. The van der Waals surface area contributed by atoms with Crippen molar-refractivity contribution in [3.05, 3.63) is 70.5 Å². The van der Waals surface area contributed by atoms with Gasteiger partial charge < -0.3 is 25.4 Å². The molecule has 1 aromatic carbocycles. The molecule has 0 bridgehead atoms. The molecule has 0 unspecified atom stereocenters. The summed E-state index contributed by atoms with van der Waals surface area (Å²) in [6.07, 6.45) is -1.70. The van der Waals surface area contributed by atoms with Gasteiger partial charge in [0.1, 0.15) is 12.4 Å². The smallest absolute Gasteiger partial charge is 0.435 e. The second-order valence-electron chi connectivity index (χ2n) is 9.29. The Morgan fingerprint density at radius 1 is 1.05 bits per heavy atom. The minimum Gasteiger partial charge on any atom is -0.476 e. The zero-order valence-corrected chi connectivity index (χ0v) is 24.5. The average molecular weight is 623 g/mol. The number of nitrogens with zero attached hydrogens (tertiary/aromatic N) is 5. The standard InChI is InChI=1S/C28H31ClF4N8O2/c1-4-42-16-19-12-18(14-36-26(19)43-10-9-35-8-7-34-3)21-15-37-27(38-20-5-6-23(30)22(29)13-20)39-25(21)41-17(2)11-24(40-41)28(31,32)33/h5-6,11-15,34-35H,4,7-10,16H2,1-3H3,(H,37,38,39). The minimum atomic E-state index is -4.66. The van der Waals surface area contributed by atoms with E-state index >= 15 is 0 Å². The number of likely N-dealkylation sites (N-methyl/N-ethyl adjacent to an activating group) is 1. The summed E-state index contributed by atoms with van der Waals surface area (Å²) in [6.45, 7) is 6.55. The Balaban J connectivity index is 1.73. The van der Waals surface area contributed by atoms with Crippen LogP contribution in [-0.4, -0.2) is 64.6 Å². The Kier molecular flexibility index (Phi) is 10.9. The first kappa shape index (κ1) is 32.1. The molecule has 3 heterocycles. The summed E-state index contributed by atoms with van der Waals surface area (Å²) in [5, 5.41) is 12.9. The Morgan fingerprint density at radius 3 is 2.56 bits per heavy atom. The van der Waals surface area contributed by atoms with Crippen LogP contribution in [-0.2, 0) is 17.5 Å². The molecule has 230 valence electrons. The van der Waals surface area contributed by atoms with E-state index in [1.165, 1.54) is 37.5 Å². The van der Waals surface area contributed by atoms with Crippen molar-refractivity contribution in [2.45, 2.75) is 26.6 Å². The highest BCUT2D eigenvalue weighted by Crippen LogP contribution is 2.33. The zero-order valence-electron chi connectivity index (χ0n) is 23.7. The number of alkyl halides is 3. The molecule has 0 aliphatic rings. The number of halogens is 5. The van der Waals surface area contributed by atoms with E-state index in [2.05, 4.69) is 36.0 Å². The normalized spacial score (nSPS) is 11.6. The lowest BCUT2D eigenvalue weighted by Gasteiger charge is -2.15. The summed E-state index contributed by atoms with van der Waals surface area (Å²) >= 11 is 5.89. The number of benzene rings is 1. The summed E-state index contributed by atoms with van der Waals surface area (Å²) in [6, 6.07) is 6.64. The Morgan fingerprint density at radius 2 is 1.86 bits per heavy atom. The number of anilines is 2. The lowest BCUT2D eigenvalue weighted by Crippen LogP contribution is -2.28. The summed E-state index contributed by atoms with van der Waals surface area (Å²) in [5.74, 6) is -0.150. The third-order valence-electron chi connectivity index (χ3n) is 6.09. The fourth-order valence-electron chi connectivity index (χ4n) is 3.98. The van der Waals surface area contributed by atoms with E-state index in [9.17, 15) is 17.6 Å². The van der Waals surface area contributed by atoms with Crippen LogP contribution in [0.2, 0.25) is 5.02 Å². The van der Waals surface area contributed by atoms with Gasteiger partial charge in [0, 0.05) is 66.7 Å². The second kappa shape index (κ2) is 14.6. The number of aryl methyl sites for hydroxylation is 1. The highest BCUT2D eigenvalue weighted by Gasteiger charge is 2.35. The molecule has 43 heavy (non-hydrogen) atoms. The van der Waals surface area contributed by atoms with Gasteiger partial charge in [0.25, 0.3) is 0 Å². The topological polar surface area (TPSA) is 111 Å². The quantitative estimate of drug-likeness (QED) is 0.127. The van der Waals surface area contributed by atoms with Crippen molar-refractivity contribution >= 4 is 23.2 Å². The fraction of sp³-hybridized carbons (Fsp3) is 0.357. The van der Waals surface area contributed by atoms with Crippen LogP contribution in [0.4, 0.5) is 29.2 Å². The van der Waals surface area contributed by atoms with Crippen LogP contribution >= 0.6 is 11.6 Å². The van der Waals surface area contributed by atoms with Crippen molar-refractivity contribution in [3.8, 4) is 22.8 Å². The summed E-state index contributed by atoms with van der Waals surface area (Å²) in [7, 11) is 1.87. The minimum absolute atomic E-state index is 0.0260. The summed E-state index contributed by atoms with van der Waals surface area (Å²) in [5.41, 5.74) is 0.989. The molecular weight excluding hydrogens is 592 g/mol. The van der Waals surface area contributed by atoms with Crippen molar-refractivity contribution < 1.29 is 27.0 Å². The van der Waals surface area contributed by atoms with Crippen LogP contribution in [0.25, 0.3) is 16.9 Å². The van der Waals surface area contributed by atoms with Crippen LogP contribution in [0.15, 0.2) is 42.7 Å². The van der Waals surface area contributed by atoms with Gasteiger partial charge >= 0.3 is 6.18 Å². The van der Waals surface area contributed by atoms with Crippen molar-refractivity contribution in [3.63, 3.8) is 0 Å².